The lowest BCUT2D eigenvalue weighted by Crippen LogP contribution is -2.25. The number of rotatable bonds is 11. The molecule has 0 atom stereocenters. The van der Waals surface area contributed by atoms with Gasteiger partial charge in [-0.05, 0) is 44.5 Å². The Balaban J connectivity index is 2.49. The first-order valence-corrected chi connectivity index (χ1v) is 8.93. The Hall–Kier alpha value is -1.64. The highest BCUT2D eigenvalue weighted by Gasteiger charge is 2.13. The summed E-state index contributed by atoms with van der Waals surface area (Å²) in [5.74, 6) is -0.0755. The average molecular weight is 345 g/mol. The zero-order valence-electron chi connectivity index (χ0n) is 13.4. The molecule has 0 unspecified atom stereocenters. The minimum Gasteiger partial charge on any atom is -0.482 e. The van der Waals surface area contributed by atoms with Gasteiger partial charge in [0.2, 0.25) is 10.0 Å². The van der Waals surface area contributed by atoms with Crippen molar-refractivity contribution in [1.82, 2.24) is 4.72 Å². The van der Waals surface area contributed by atoms with Crippen LogP contribution < -0.4 is 9.46 Å². The molecule has 0 aliphatic carbocycles. The fraction of sp³-hybridized carbons (Fsp3) is 0.533. The van der Waals surface area contributed by atoms with Crippen LogP contribution in [0.3, 0.4) is 0 Å². The van der Waals surface area contributed by atoms with E-state index in [1.807, 2.05) is 6.92 Å². The highest BCUT2D eigenvalue weighted by atomic mass is 32.2. The van der Waals surface area contributed by atoms with Gasteiger partial charge in [0.1, 0.15) is 5.75 Å². The second kappa shape index (κ2) is 10.2. The maximum atomic E-state index is 12.1. The Kier molecular flexibility index (Phi) is 8.60. The predicted octanol–water partition coefficient (Wildman–Crippen LogP) is 1.33. The first-order chi connectivity index (χ1) is 11.0. The molecule has 1 rings (SSSR count). The van der Waals surface area contributed by atoms with E-state index in [0.717, 1.165) is 0 Å². The highest BCUT2D eigenvalue weighted by Crippen LogP contribution is 2.15. The number of carbonyl (C=O) groups is 1. The van der Waals surface area contributed by atoms with E-state index in [0.29, 0.717) is 31.9 Å². The Morgan fingerprint density at radius 2 is 1.83 bits per heavy atom. The maximum absolute atomic E-state index is 12.1. The topological polar surface area (TPSA) is 90.9 Å². The van der Waals surface area contributed by atoms with Crippen molar-refractivity contribution in [3.8, 4) is 5.75 Å². The van der Waals surface area contributed by atoms with Crippen LogP contribution in [0, 0.1) is 0 Å². The molecule has 1 aromatic carbocycles. The number of hydrogen-bond donors (Lipinski definition) is 1. The molecular weight excluding hydrogens is 322 g/mol. The van der Waals surface area contributed by atoms with Crippen molar-refractivity contribution in [3.05, 3.63) is 24.3 Å². The van der Waals surface area contributed by atoms with Crippen molar-refractivity contribution in [3.63, 3.8) is 0 Å². The fourth-order valence-corrected chi connectivity index (χ4v) is 2.74. The lowest BCUT2D eigenvalue weighted by molar-refractivity contribution is -0.145. The van der Waals surface area contributed by atoms with E-state index in [1.165, 1.54) is 24.3 Å². The second-order valence-corrected chi connectivity index (χ2v) is 6.28. The van der Waals surface area contributed by atoms with Gasteiger partial charge in [-0.15, -0.1) is 0 Å². The molecule has 0 amide bonds. The maximum Gasteiger partial charge on any atom is 0.344 e. The highest BCUT2D eigenvalue weighted by molar-refractivity contribution is 7.89. The third-order valence-corrected chi connectivity index (χ3v) is 4.23. The molecule has 0 saturated carbocycles. The van der Waals surface area contributed by atoms with E-state index in [1.54, 1.807) is 6.92 Å². The van der Waals surface area contributed by atoms with Crippen molar-refractivity contribution >= 4 is 16.0 Å². The number of sulfonamides is 1. The van der Waals surface area contributed by atoms with Gasteiger partial charge in [-0.3, -0.25) is 0 Å². The van der Waals surface area contributed by atoms with Gasteiger partial charge in [0.05, 0.1) is 11.5 Å². The molecular formula is C15H23NO6S. The molecule has 0 aliphatic heterocycles. The van der Waals surface area contributed by atoms with Crippen LogP contribution >= 0.6 is 0 Å². The quantitative estimate of drug-likeness (QED) is 0.481. The smallest absolute Gasteiger partial charge is 0.344 e. The van der Waals surface area contributed by atoms with Crippen LogP contribution in [0.4, 0.5) is 0 Å². The molecule has 0 fully saturated rings. The summed E-state index contributed by atoms with van der Waals surface area (Å²) >= 11 is 0. The minimum atomic E-state index is -3.56. The van der Waals surface area contributed by atoms with Gasteiger partial charge < -0.3 is 14.2 Å². The molecule has 0 aromatic heterocycles. The monoisotopic (exact) mass is 345 g/mol. The summed E-state index contributed by atoms with van der Waals surface area (Å²) in [7, 11) is -3.56. The summed E-state index contributed by atoms with van der Waals surface area (Å²) in [4.78, 5) is 11.3. The SMILES string of the molecule is CCOCCCNS(=O)(=O)c1ccc(OCC(=O)OCC)cc1. The number of nitrogens with one attached hydrogen (secondary N) is 1. The molecule has 0 radical (unpaired) electrons. The third-order valence-electron chi connectivity index (χ3n) is 2.76. The van der Waals surface area contributed by atoms with Crippen molar-refractivity contribution < 1.29 is 27.4 Å². The van der Waals surface area contributed by atoms with Crippen molar-refractivity contribution in [2.75, 3.05) is 33.0 Å². The zero-order valence-corrected chi connectivity index (χ0v) is 14.2. The van der Waals surface area contributed by atoms with Gasteiger partial charge >= 0.3 is 5.97 Å². The summed E-state index contributed by atoms with van der Waals surface area (Å²) in [6.45, 7) is 5.10. The number of benzene rings is 1. The molecule has 0 saturated heterocycles. The summed E-state index contributed by atoms with van der Waals surface area (Å²) in [6.07, 6.45) is 0.605. The molecule has 0 aliphatic rings. The first kappa shape index (κ1) is 19.4. The van der Waals surface area contributed by atoms with Crippen LogP contribution in [0.5, 0.6) is 5.75 Å². The lowest BCUT2D eigenvalue weighted by atomic mass is 10.3. The van der Waals surface area contributed by atoms with Gasteiger partial charge in [0.15, 0.2) is 6.61 Å². The lowest BCUT2D eigenvalue weighted by Gasteiger charge is -2.09. The second-order valence-electron chi connectivity index (χ2n) is 4.51. The van der Waals surface area contributed by atoms with Crippen LogP contribution in [0.25, 0.3) is 0 Å². The molecule has 23 heavy (non-hydrogen) atoms. The normalized spacial score (nSPS) is 11.2. The Morgan fingerprint density at radius 3 is 2.43 bits per heavy atom. The average Bonchev–Trinajstić information content (AvgIpc) is 2.53. The largest absolute Gasteiger partial charge is 0.482 e. The van der Waals surface area contributed by atoms with Gasteiger partial charge in [-0.25, -0.2) is 17.9 Å². The van der Waals surface area contributed by atoms with Crippen LogP contribution in [-0.2, 0) is 24.3 Å². The zero-order chi connectivity index (χ0) is 17.1. The van der Waals surface area contributed by atoms with E-state index in [9.17, 15) is 13.2 Å². The van der Waals surface area contributed by atoms with Crippen molar-refractivity contribution in [2.24, 2.45) is 0 Å². The molecule has 1 N–H and O–H groups in total. The first-order valence-electron chi connectivity index (χ1n) is 7.45. The minimum absolute atomic E-state index is 0.136. The van der Waals surface area contributed by atoms with Crippen molar-refractivity contribution in [1.29, 1.82) is 0 Å². The van der Waals surface area contributed by atoms with Gasteiger partial charge in [-0.1, -0.05) is 0 Å². The van der Waals surface area contributed by atoms with Crippen LogP contribution in [-0.4, -0.2) is 47.4 Å². The van der Waals surface area contributed by atoms with E-state index in [2.05, 4.69) is 4.72 Å². The van der Waals surface area contributed by atoms with E-state index < -0.39 is 16.0 Å². The number of ether oxygens (including phenoxy) is 3. The summed E-state index contributed by atoms with van der Waals surface area (Å²) in [5, 5.41) is 0. The number of carbonyl (C=O) groups excluding carboxylic acids is 1. The van der Waals surface area contributed by atoms with Gasteiger partial charge in [0.25, 0.3) is 0 Å². The molecule has 0 spiro atoms. The van der Waals surface area contributed by atoms with Crippen molar-refractivity contribution in [2.45, 2.75) is 25.2 Å². The van der Waals surface area contributed by atoms with Gasteiger partial charge in [-0.2, -0.15) is 0 Å². The Bertz CT molecular complexity index is 570. The Morgan fingerprint density at radius 1 is 1.13 bits per heavy atom. The van der Waals surface area contributed by atoms with Crippen LogP contribution in [0.15, 0.2) is 29.2 Å². The number of esters is 1. The van der Waals surface area contributed by atoms with Crippen LogP contribution in [0.2, 0.25) is 0 Å². The van der Waals surface area contributed by atoms with Gasteiger partial charge in [0, 0.05) is 19.8 Å². The standard InChI is InChI=1S/C15H23NO6S/c1-3-20-11-5-10-16-23(18,19)14-8-6-13(7-9-14)22-12-15(17)21-4-2/h6-9,16H,3-5,10-12H2,1-2H3. The molecule has 0 bridgehead atoms. The molecule has 130 valence electrons. The fourth-order valence-electron chi connectivity index (χ4n) is 1.67. The predicted molar refractivity (Wildman–Crippen MR) is 84.9 cm³/mol. The van der Waals surface area contributed by atoms with Crippen LogP contribution in [0.1, 0.15) is 20.3 Å². The third kappa shape index (κ3) is 7.45. The summed E-state index contributed by atoms with van der Waals surface area (Å²) < 4.78 is 41.7. The summed E-state index contributed by atoms with van der Waals surface area (Å²) in [5.41, 5.74) is 0. The van der Waals surface area contributed by atoms with E-state index in [-0.39, 0.29) is 18.1 Å². The molecule has 0 heterocycles. The van der Waals surface area contributed by atoms with E-state index in [4.69, 9.17) is 14.2 Å². The number of hydrogen-bond acceptors (Lipinski definition) is 6. The molecule has 1 aromatic rings. The van der Waals surface area contributed by atoms with E-state index >= 15 is 0 Å². The molecule has 7 nitrogen and oxygen atoms in total. The summed E-state index contributed by atoms with van der Waals surface area (Å²) in [6, 6.07) is 5.83. The Labute approximate surface area is 137 Å². The molecule has 8 heteroatoms.